The Balaban J connectivity index is 2.18. The molecule has 0 saturated carbocycles. The number of hydrogen-bond acceptors (Lipinski definition) is 2. The van der Waals surface area contributed by atoms with Crippen molar-refractivity contribution in [2.75, 3.05) is 5.32 Å². The van der Waals surface area contributed by atoms with Crippen LogP contribution in [0, 0.1) is 0 Å². The summed E-state index contributed by atoms with van der Waals surface area (Å²) in [6.07, 6.45) is 0. The third-order valence-electron chi connectivity index (χ3n) is 2.45. The van der Waals surface area contributed by atoms with Crippen LogP contribution < -0.4 is 10.1 Å². The molecule has 0 aliphatic carbocycles. The van der Waals surface area contributed by atoms with Crippen LogP contribution in [0.4, 0.5) is 14.5 Å². The van der Waals surface area contributed by atoms with Gasteiger partial charge in [0.05, 0.1) is 5.56 Å². The molecule has 2 rings (SSSR count). The zero-order chi connectivity index (χ0) is 14.5. The number of alkyl halides is 2. The van der Waals surface area contributed by atoms with E-state index in [1.54, 1.807) is 30.3 Å². The number of rotatable bonds is 4. The van der Waals surface area contributed by atoms with Crippen molar-refractivity contribution in [3.8, 4) is 5.75 Å². The Morgan fingerprint density at radius 2 is 1.75 bits per heavy atom. The van der Waals surface area contributed by atoms with Crippen LogP contribution in [0.3, 0.4) is 0 Å². The summed E-state index contributed by atoms with van der Waals surface area (Å²) in [6.45, 7) is -2.99. The molecule has 1 amide bonds. The van der Waals surface area contributed by atoms with Crippen molar-refractivity contribution in [1.29, 1.82) is 0 Å². The summed E-state index contributed by atoms with van der Waals surface area (Å²) in [5, 5.41) is 3.11. The van der Waals surface area contributed by atoms with Gasteiger partial charge in [-0.3, -0.25) is 4.79 Å². The molecule has 6 heteroatoms. The third-order valence-corrected chi connectivity index (χ3v) is 2.70. The van der Waals surface area contributed by atoms with Crippen LogP contribution >= 0.6 is 11.6 Å². The van der Waals surface area contributed by atoms with E-state index in [4.69, 9.17) is 11.6 Å². The Labute approximate surface area is 119 Å². The average molecular weight is 298 g/mol. The molecule has 1 N–H and O–H groups in total. The van der Waals surface area contributed by atoms with Gasteiger partial charge in [0.1, 0.15) is 5.75 Å². The number of anilines is 1. The molecular formula is C14H10ClF2NO2. The lowest BCUT2D eigenvalue weighted by Crippen LogP contribution is -2.14. The van der Waals surface area contributed by atoms with Gasteiger partial charge in [0.2, 0.25) is 0 Å². The molecule has 0 saturated heterocycles. The van der Waals surface area contributed by atoms with E-state index in [2.05, 4.69) is 10.1 Å². The van der Waals surface area contributed by atoms with Gasteiger partial charge in [-0.1, -0.05) is 23.7 Å². The number of halogens is 3. The molecule has 0 bridgehead atoms. The van der Waals surface area contributed by atoms with Gasteiger partial charge in [0, 0.05) is 10.7 Å². The standard InChI is InChI=1S/C14H10ClF2NO2/c15-9-5-7-10(8-6-9)18-13(19)11-3-1-2-4-12(11)20-14(16)17/h1-8,14H,(H,18,19). The minimum atomic E-state index is -2.99. The van der Waals surface area contributed by atoms with E-state index in [0.717, 1.165) is 0 Å². The van der Waals surface area contributed by atoms with Gasteiger partial charge in [0.25, 0.3) is 5.91 Å². The van der Waals surface area contributed by atoms with Gasteiger partial charge in [-0.05, 0) is 36.4 Å². The van der Waals surface area contributed by atoms with Gasteiger partial charge in [-0.15, -0.1) is 0 Å². The Morgan fingerprint density at radius 1 is 1.10 bits per heavy atom. The second-order valence-electron chi connectivity index (χ2n) is 3.84. The smallest absolute Gasteiger partial charge is 0.387 e. The first-order chi connectivity index (χ1) is 9.56. The van der Waals surface area contributed by atoms with E-state index in [-0.39, 0.29) is 11.3 Å². The molecule has 0 unspecified atom stereocenters. The lowest BCUT2D eigenvalue weighted by molar-refractivity contribution is -0.0501. The van der Waals surface area contributed by atoms with E-state index in [9.17, 15) is 13.6 Å². The minimum Gasteiger partial charge on any atom is -0.434 e. The average Bonchev–Trinajstić information content (AvgIpc) is 2.41. The predicted octanol–water partition coefficient (Wildman–Crippen LogP) is 4.19. The molecule has 0 radical (unpaired) electrons. The Hall–Kier alpha value is -2.14. The number of hydrogen-bond donors (Lipinski definition) is 1. The molecule has 2 aromatic carbocycles. The second kappa shape index (κ2) is 6.34. The molecule has 3 nitrogen and oxygen atoms in total. The minimum absolute atomic E-state index is 0.0303. The van der Waals surface area contributed by atoms with Crippen molar-refractivity contribution < 1.29 is 18.3 Å². The Morgan fingerprint density at radius 3 is 2.40 bits per heavy atom. The van der Waals surface area contributed by atoms with Crippen LogP contribution in [0.15, 0.2) is 48.5 Å². The highest BCUT2D eigenvalue weighted by molar-refractivity contribution is 6.30. The molecule has 0 heterocycles. The Bertz CT molecular complexity index is 602. The first-order valence-electron chi connectivity index (χ1n) is 5.67. The van der Waals surface area contributed by atoms with Gasteiger partial charge < -0.3 is 10.1 Å². The Kier molecular flexibility index (Phi) is 4.53. The van der Waals surface area contributed by atoms with Crippen LogP contribution in [-0.2, 0) is 0 Å². The molecule has 0 aliphatic rings. The molecule has 0 spiro atoms. The van der Waals surface area contributed by atoms with Crippen molar-refractivity contribution in [2.45, 2.75) is 6.61 Å². The van der Waals surface area contributed by atoms with E-state index in [1.807, 2.05) is 0 Å². The first kappa shape index (κ1) is 14.3. The number of benzene rings is 2. The zero-order valence-corrected chi connectivity index (χ0v) is 10.9. The molecular weight excluding hydrogens is 288 g/mol. The molecule has 0 atom stereocenters. The summed E-state index contributed by atoms with van der Waals surface area (Å²) in [5.41, 5.74) is 0.536. The normalized spacial score (nSPS) is 10.4. The number of nitrogens with one attached hydrogen (secondary N) is 1. The fraction of sp³-hybridized carbons (Fsp3) is 0.0714. The van der Waals surface area contributed by atoms with Crippen LogP contribution in [-0.4, -0.2) is 12.5 Å². The fourth-order valence-corrected chi connectivity index (χ4v) is 1.71. The molecule has 0 fully saturated rings. The van der Waals surface area contributed by atoms with E-state index >= 15 is 0 Å². The number of carbonyl (C=O) groups excluding carboxylic acids is 1. The second-order valence-corrected chi connectivity index (χ2v) is 4.27. The maximum atomic E-state index is 12.3. The van der Waals surface area contributed by atoms with Crippen LogP contribution in [0.5, 0.6) is 5.75 Å². The zero-order valence-electron chi connectivity index (χ0n) is 10.1. The van der Waals surface area contributed by atoms with Crippen molar-refractivity contribution in [3.05, 3.63) is 59.1 Å². The SMILES string of the molecule is O=C(Nc1ccc(Cl)cc1)c1ccccc1OC(F)F. The summed E-state index contributed by atoms with van der Waals surface area (Å²) in [6, 6.07) is 12.2. The highest BCUT2D eigenvalue weighted by atomic mass is 35.5. The molecule has 2 aromatic rings. The highest BCUT2D eigenvalue weighted by Crippen LogP contribution is 2.22. The van der Waals surface area contributed by atoms with Crippen LogP contribution in [0.25, 0.3) is 0 Å². The summed E-state index contributed by atoms with van der Waals surface area (Å²) in [4.78, 5) is 12.0. The quantitative estimate of drug-likeness (QED) is 0.919. The largest absolute Gasteiger partial charge is 0.434 e. The monoisotopic (exact) mass is 297 g/mol. The summed E-state index contributed by atoms with van der Waals surface area (Å²) < 4.78 is 28.8. The van der Waals surface area contributed by atoms with Gasteiger partial charge in [-0.25, -0.2) is 0 Å². The molecule has 0 aliphatic heterocycles. The van der Waals surface area contributed by atoms with E-state index < -0.39 is 12.5 Å². The number of para-hydroxylation sites is 1. The van der Waals surface area contributed by atoms with Gasteiger partial charge in [0.15, 0.2) is 0 Å². The van der Waals surface area contributed by atoms with Crippen LogP contribution in [0.2, 0.25) is 5.02 Å². The summed E-state index contributed by atoms with van der Waals surface area (Å²) >= 11 is 5.73. The fourth-order valence-electron chi connectivity index (χ4n) is 1.58. The predicted molar refractivity (Wildman–Crippen MR) is 72.5 cm³/mol. The lowest BCUT2D eigenvalue weighted by atomic mass is 10.2. The van der Waals surface area contributed by atoms with Crippen molar-refractivity contribution >= 4 is 23.2 Å². The highest BCUT2D eigenvalue weighted by Gasteiger charge is 2.15. The maximum absolute atomic E-state index is 12.3. The van der Waals surface area contributed by atoms with Crippen LogP contribution in [0.1, 0.15) is 10.4 Å². The van der Waals surface area contributed by atoms with Gasteiger partial charge in [-0.2, -0.15) is 8.78 Å². The molecule has 0 aromatic heterocycles. The molecule has 20 heavy (non-hydrogen) atoms. The van der Waals surface area contributed by atoms with Crippen molar-refractivity contribution in [1.82, 2.24) is 0 Å². The topological polar surface area (TPSA) is 38.3 Å². The van der Waals surface area contributed by atoms with E-state index in [1.165, 1.54) is 18.2 Å². The summed E-state index contributed by atoms with van der Waals surface area (Å²) in [7, 11) is 0. The first-order valence-corrected chi connectivity index (χ1v) is 6.05. The van der Waals surface area contributed by atoms with Crippen molar-refractivity contribution in [3.63, 3.8) is 0 Å². The van der Waals surface area contributed by atoms with Gasteiger partial charge >= 0.3 is 6.61 Å². The van der Waals surface area contributed by atoms with E-state index in [0.29, 0.717) is 10.7 Å². The third kappa shape index (κ3) is 3.68. The molecule has 104 valence electrons. The maximum Gasteiger partial charge on any atom is 0.387 e. The number of carbonyl (C=O) groups is 1. The summed E-state index contributed by atoms with van der Waals surface area (Å²) in [5.74, 6) is -0.711. The van der Waals surface area contributed by atoms with Crippen molar-refractivity contribution in [2.24, 2.45) is 0 Å². The number of amides is 1. The number of ether oxygens (including phenoxy) is 1. The lowest BCUT2D eigenvalue weighted by Gasteiger charge is -2.10.